The van der Waals surface area contributed by atoms with Gasteiger partial charge in [-0.05, 0) is 31.9 Å². The van der Waals surface area contributed by atoms with Gasteiger partial charge in [0.25, 0.3) is 0 Å². The molecule has 1 unspecified atom stereocenters. The Labute approximate surface area is 121 Å². The summed E-state index contributed by atoms with van der Waals surface area (Å²) in [7, 11) is 1.43. The van der Waals surface area contributed by atoms with Gasteiger partial charge in [-0.25, -0.2) is 0 Å². The molecule has 0 aliphatic carbocycles. The minimum atomic E-state index is -0.235. The molecule has 1 N–H and O–H groups in total. The summed E-state index contributed by atoms with van der Waals surface area (Å²) in [6, 6.07) is 10.6. The second-order valence-electron chi connectivity index (χ2n) is 5.47. The molecular formula is C16H24N2O2. The molecule has 2 rings (SSSR count). The van der Waals surface area contributed by atoms with E-state index >= 15 is 0 Å². The van der Waals surface area contributed by atoms with Crippen LogP contribution in [0.15, 0.2) is 30.3 Å². The van der Waals surface area contributed by atoms with Gasteiger partial charge >= 0.3 is 5.97 Å². The van der Waals surface area contributed by atoms with Crippen molar-refractivity contribution in [2.45, 2.75) is 38.4 Å². The van der Waals surface area contributed by atoms with Crippen LogP contribution in [0.3, 0.4) is 0 Å². The summed E-state index contributed by atoms with van der Waals surface area (Å²) in [6.07, 6.45) is 2.28. The van der Waals surface area contributed by atoms with E-state index in [1.54, 1.807) is 0 Å². The summed E-state index contributed by atoms with van der Waals surface area (Å²) in [4.78, 5) is 13.9. The van der Waals surface area contributed by atoms with Gasteiger partial charge in [-0.3, -0.25) is 9.69 Å². The molecule has 1 aliphatic heterocycles. The first-order valence-corrected chi connectivity index (χ1v) is 7.29. The Bertz CT molecular complexity index is 422. The number of carbonyl (C=O) groups is 1. The maximum absolute atomic E-state index is 11.5. The molecule has 1 aromatic carbocycles. The van der Waals surface area contributed by atoms with Gasteiger partial charge in [0.15, 0.2) is 0 Å². The third-order valence-corrected chi connectivity index (χ3v) is 3.79. The Morgan fingerprint density at radius 1 is 1.45 bits per heavy atom. The number of carbonyl (C=O) groups excluding carboxylic acids is 1. The second kappa shape index (κ2) is 7.41. The van der Waals surface area contributed by atoms with E-state index < -0.39 is 0 Å². The zero-order valence-corrected chi connectivity index (χ0v) is 12.3. The molecule has 2 atom stereocenters. The number of piperidine rings is 1. The fourth-order valence-corrected chi connectivity index (χ4v) is 2.78. The number of esters is 1. The molecule has 1 fully saturated rings. The van der Waals surface area contributed by atoms with E-state index in [2.05, 4.69) is 34.5 Å². The standard InChI is InChI=1S/C16H24N2O2/c1-13(16(19)20-2)17-15-9-6-10-18(12-15)11-14-7-4-3-5-8-14/h3-5,7-8,13,15,17H,6,9-12H2,1-2H3/t13-,15?/m0/s1. The highest BCUT2D eigenvalue weighted by Crippen LogP contribution is 2.14. The largest absolute Gasteiger partial charge is 0.468 e. The van der Waals surface area contributed by atoms with Crippen molar-refractivity contribution in [3.8, 4) is 0 Å². The van der Waals surface area contributed by atoms with Crippen LogP contribution in [-0.4, -0.2) is 43.2 Å². The highest BCUT2D eigenvalue weighted by molar-refractivity contribution is 5.75. The fraction of sp³-hybridized carbons (Fsp3) is 0.562. The molecule has 20 heavy (non-hydrogen) atoms. The number of likely N-dealkylation sites (tertiary alicyclic amines) is 1. The topological polar surface area (TPSA) is 41.6 Å². The lowest BCUT2D eigenvalue weighted by Gasteiger charge is -2.34. The van der Waals surface area contributed by atoms with Crippen LogP contribution in [0.1, 0.15) is 25.3 Å². The molecular weight excluding hydrogens is 252 g/mol. The number of methoxy groups -OCH3 is 1. The minimum Gasteiger partial charge on any atom is -0.468 e. The van der Waals surface area contributed by atoms with Crippen LogP contribution in [0, 0.1) is 0 Å². The minimum absolute atomic E-state index is 0.190. The molecule has 0 amide bonds. The van der Waals surface area contributed by atoms with Gasteiger partial charge in [0, 0.05) is 19.1 Å². The predicted molar refractivity (Wildman–Crippen MR) is 79.4 cm³/mol. The Morgan fingerprint density at radius 2 is 2.20 bits per heavy atom. The van der Waals surface area contributed by atoms with Crippen molar-refractivity contribution >= 4 is 5.97 Å². The molecule has 110 valence electrons. The first kappa shape index (κ1) is 15.0. The van der Waals surface area contributed by atoms with Crippen molar-refractivity contribution in [1.29, 1.82) is 0 Å². The summed E-state index contributed by atoms with van der Waals surface area (Å²) in [5, 5.41) is 3.37. The van der Waals surface area contributed by atoms with Crippen molar-refractivity contribution in [1.82, 2.24) is 10.2 Å². The molecule has 0 bridgehead atoms. The van der Waals surface area contributed by atoms with Crippen molar-refractivity contribution < 1.29 is 9.53 Å². The summed E-state index contributed by atoms with van der Waals surface area (Å²) < 4.78 is 4.76. The molecule has 0 saturated carbocycles. The van der Waals surface area contributed by atoms with Gasteiger partial charge in [-0.1, -0.05) is 30.3 Å². The summed E-state index contributed by atoms with van der Waals surface area (Å²) >= 11 is 0. The summed E-state index contributed by atoms with van der Waals surface area (Å²) in [5.74, 6) is -0.190. The Kier molecular flexibility index (Phi) is 5.56. The van der Waals surface area contributed by atoms with Gasteiger partial charge in [0.05, 0.1) is 7.11 Å². The zero-order valence-electron chi connectivity index (χ0n) is 12.3. The van der Waals surface area contributed by atoms with Crippen molar-refractivity contribution in [3.05, 3.63) is 35.9 Å². The Hall–Kier alpha value is -1.39. The normalized spacial score (nSPS) is 21.4. The molecule has 1 heterocycles. The van der Waals surface area contributed by atoms with Crippen LogP contribution in [-0.2, 0) is 16.1 Å². The van der Waals surface area contributed by atoms with E-state index in [0.29, 0.717) is 6.04 Å². The highest BCUT2D eigenvalue weighted by Gasteiger charge is 2.23. The lowest BCUT2D eigenvalue weighted by atomic mass is 10.0. The molecule has 0 spiro atoms. The average molecular weight is 276 g/mol. The zero-order chi connectivity index (χ0) is 14.4. The lowest BCUT2D eigenvalue weighted by Crippen LogP contribution is -2.50. The molecule has 1 aromatic rings. The van der Waals surface area contributed by atoms with Gasteiger partial charge in [-0.15, -0.1) is 0 Å². The van der Waals surface area contributed by atoms with Crippen molar-refractivity contribution in [2.75, 3.05) is 20.2 Å². The Balaban J connectivity index is 1.84. The number of rotatable bonds is 5. The smallest absolute Gasteiger partial charge is 0.322 e. The Morgan fingerprint density at radius 3 is 2.90 bits per heavy atom. The molecule has 4 heteroatoms. The maximum atomic E-state index is 11.5. The van der Waals surface area contributed by atoms with Crippen LogP contribution in [0.2, 0.25) is 0 Å². The number of hydrogen-bond acceptors (Lipinski definition) is 4. The van der Waals surface area contributed by atoms with Crippen LogP contribution < -0.4 is 5.32 Å². The number of nitrogens with zero attached hydrogens (tertiary/aromatic N) is 1. The molecule has 1 saturated heterocycles. The van der Waals surface area contributed by atoms with Gasteiger partial charge < -0.3 is 10.1 Å². The van der Waals surface area contributed by atoms with E-state index in [-0.39, 0.29) is 12.0 Å². The van der Waals surface area contributed by atoms with Gasteiger partial charge in [-0.2, -0.15) is 0 Å². The van der Waals surface area contributed by atoms with E-state index in [1.807, 2.05) is 13.0 Å². The predicted octanol–water partition coefficient (Wildman–Crippen LogP) is 1.80. The van der Waals surface area contributed by atoms with Gasteiger partial charge in [0.2, 0.25) is 0 Å². The third-order valence-electron chi connectivity index (χ3n) is 3.79. The highest BCUT2D eigenvalue weighted by atomic mass is 16.5. The van der Waals surface area contributed by atoms with Crippen LogP contribution in [0.4, 0.5) is 0 Å². The van der Waals surface area contributed by atoms with E-state index in [9.17, 15) is 4.79 Å². The number of ether oxygens (including phenoxy) is 1. The first-order valence-electron chi connectivity index (χ1n) is 7.29. The van der Waals surface area contributed by atoms with E-state index in [1.165, 1.54) is 19.1 Å². The first-order chi connectivity index (χ1) is 9.69. The number of benzene rings is 1. The summed E-state index contributed by atoms with van der Waals surface area (Å²) in [6.45, 7) is 4.95. The SMILES string of the molecule is COC(=O)[C@H](C)NC1CCCN(Cc2ccccc2)C1. The van der Waals surface area contributed by atoms with E-state index in [0.717, 1.165) is 26.1 Å². The maximum Gasteiger partial charge on any atom is 0.322 e. The molecule has 1 aliphatic rings. The van der Waals surface area contributed by atoms with E-state index in [4.69, 9.17) is 4.74 Å². The monoisotopic (exact) mass is 276 g/mol. The quantitative estimate of drug-likeness (QED) is 0.833. The molecule has 0 aromatic heterocycles. The average Bonchev–Trinajstić information content (AvgIpc) is 2.47. The molecule has 4 nitrogen and oxygen atoms in total. The third kappa shape index (κ3) is 4.32. The van der Waals surface area contributed by atoms with Crippen LogP contribution in [0.25, 0.3) is 0 Å². The second-order valence-corrected chi connectivity index (χ2v) is 5.47. The number of nitrogens with one attached hydrogen (secondary N) is 1. The van der Waals surface area contributed by atoms with Crippen molar-refractivity contribution in [3.63, 3.8) is 0 Å². The van der Waals surface area contributed by atoms with Crippen LogP contribution in [0.5, 0.6) is 0 Å². The number of hydrogen-bond donors (Lipinski definition) is 1. The van der Waals surface area contributed by atoms with Crippen LogP contribution >= 0.6 is 0 Å². The summed E-state index contributed by atoms with van der Waals surface area (Å²) in [5.41, 5.74) is 1.34. The van der Waals surface area contributed by atoms with Crippen molar-refractivity contribution in [2.24, 2.45) is 0 Å². The molecule has 0 radical (unpaired) electrons. The lowest BCUT2D eigenvalue weighted by molar-refractivity contribution is -0.143. The fourth-order valence-electron chi connectivity index (χ4n) is 2.78. The van der Waals surface area contributed by atoms with Gasteiger partial charge in [0.1, 0.15) is 6.04 Å².